The van der Waals surface area contributed by atoms with Gasteiger partial charge in [0.05, 0.1) is 6.61 Å². The van der Waals surface area contributed by atoms with Gasteiger partial charge in [-0.2, -0.15) is 0 Å². The molecule has 0 aliphatic carbocycles. The van der Waals surface area contributed by atoms with Gasteiger partial charge in [0.25, 0.3) is 0 Å². The summed E-state index contributed by atoms with van der Waals surface area (Å²) >= 11 is 3.29. The van der Waals surface area contributed by atoms with Gasteiger partial charge in [0.15, 0.2) is 11.6 Å². The molecule has 1 aromatic carbocycles. The third-order valence-electron chi connectivity index (χ3n) is 4.27. The van der Waals surface area contributed by atoms with Crippen LogP contribution in [0.5, 0.6) is 0 Å². The van der Waals surface area contributed by atoms with Crippen LogP contribution in [0.15, 0.2) is 16.6 Å². The second-order valence-electron chi connectivity index (χ2n) is 6.46. The monoisotopic (exact) mass is 378 g/mol. The van der Waals surface area contributed by atoms with E-state index in [9.17, 15) is 8.78 Å². The maximum absolute atomic E-state index is 13.4. The second-order valence-corrected chi connectivity index (χ2v) is 12.8. The van der Waals surface area contributed by atoms with Crippen LogP contribution in [-0.2, 0) is 11.0 Å². The summed E-state index contributed by atoms with van der Waals surface area (Å²) in [6.07, 6.45) is 0. The molecule has 0 atom stereocenters. The van der Waals surface area contributed by atoms with Crippen LogP contribution >= 0.6 is 15.9 Å². The Labute approximate surface area is 136 Å². The van der Waals surface area contributed by atoms with E-state index in [4.69, 9.17) is 4.43 Å². The van der Waals surface area contributed by atoms with Crippen molar-refractivity contribution >= 4 is 24.2 Å². The van der Waals surface area contributed by atoms with Crippen LogP contribution in [0.1, 0.15) is 47.1 Å². The quantitative estimate of drug-likeness (QED) is 0.409. The molecule has 120 valence electrons. The lowest BCUT2D eigenvalue weighted by atomic mass is 10.2. The second kappa shape index (κ2) is 7.33. The van der Waals surface area contributed by atoms with E-state index in [1.807, 2.05) is 0 Å². The van der Waals surface area contributed by atoms with Crippen molar-refractivity contribution in [2.75, 3.05) is 0 Å². The average molecular weight is 379 g/mol. The normalized spacial score (nSPS) is 12.8. The van der Waals surface area contributed by atoms with Gasteiger partial charge in [-0.05, 0) is 34.3 Å². The zero-order chi connectivity index (χ0) is 16.4. The van der Waals surface area contributed by atoms with Crippen LogP contribution in [0, 0.1) is 11.6 Å². The molecule has 0 saturated carbocycles. The molecule has 0 radical (unpaired) electrons. The van der Waals surface area contributed by atoms with Gasteiger partial charge in [0.2, 0.25) is 8.32 Å². The Morgan fingerprint density at radius 3 is 1.81 bits per heavy atom. The summed E-state index contributed by atoms with van der Waals surface area (Å²) in [6.45, 7) is 13.5. The molecule has 0 amide bonds. The molecule has 0 aliphatic heterocycles. The van der Waals surface area contributed by atoms with Crippen LogP contribution < -0.4 is 0 Å². The first-order chi connectivity index (χ1) is 9.62. The van der Waals surface area contributed by atoms with Crippen LogP contribution in [-0.4, -0.2) is 8.32 Å². The van der Waals surface area contributed by atoms with Crippen molar-refractivity contribution in [2.45, 2.75) is 64.8 Å². The number of hydrogen-bond acceptors (Lipinski definition) is 1. The predicted molar refractivity (Wildman–Crippen MR) is 89.9 cm³/mol. The first-order valence-corrected chi connectivity index (χ1v) is 10.3. The molecule has 0 unspecified atom stereocenters. The van der Waals surface area contributed by atoms with E-state index in [2.05, 4.69) is 57.5 Å². The Morgan fingerprint density at radius 1 is 0.952 bits per heavy atom. The highest BCUT2D eigenvalue weighted by atomic mass is 79.9. The predicted octanol–water partition coefficient (Wildman–Crippen LogP) is 6.42. The molecule has 0 aliphatic rings. The summed E-state index contributed by atoms with van der Waals surface area (Å²) in [7, 11) is -2.00. The van der Waals surface area contributed by atoms with Crippen LogP contribution in [0.3, 0.4) is 0 Å². The van der Waals surface area contributed by atoms with E-state index < -0.39 is 20.0 Å². The molecule has 0 saturated heterocycles. The minimum Gasteiger partial charge on any atom is -0.412 e. The number of rotatable bonds is 6. The van der Waals surface area contributed by atoms with Crippen LogP contribution in [0.2, 0.25) is 16.6 Å². The lowest BCUT2D eigenvalue weighted by Gasteiger charge is -2.42. The highest BCUT2D eigenvalue weighted by Crippen LogP contribution is 2.43. The first-order valence-electron chi connectivity index (χ1n) is 7.40. The molecule has 5 heteroatoms. The Bertz CT molecular complexity index is 468. The van der Waals surface area contributed by atoms with E-state index in [0.717, 1.165) is 6.07 Å². The first kappa shape index (κ1) is 18.8. The molecule has 0 fully saturated rings. The van der Waals surface area contributed by atoms with Gasteiger partial charge >= 0.3 is 0 Å². The van der Waals surface area contributed by atoms with E-state index in [0.29, 0.717) is 33.3 Å². The molecular weight excluding hydrogens is 354 g/mol. The fraction of sp³-hybridized carbons (Fsp3) is 0.625. The maximum Gasteiger partial charge on any atom is 0.200 e. The molecule has 0 spiro atoms. The highest BCUT2D eigenvalue weighted by molar-refractivity contribution is 9.10. The topological polar surface area (TPSA) is 9.23 Å². The lowest BCUT2D eigenvalue weighted by Crippen LogP contribution is -2.47. The van der Waals surface area contributed by atoms with Gasteiger partial charge in [0, 0.05) is 4.47 Å². The van der Waals surface area contributed by atoms with E-state index >= 15 is 0 Å². The highest BCUT2D eigenvalue weighted by Gasteiger charge is 2.45. The standard InChI is InChI=1S/C16H25BrF2OSi/c1-10(2)21(11(3)4,12(5)6)20-9-13-7-15(18)16(19)8-14(13)17/h7-8,10-12H,9H2,1-6H3. The summed E-state index contributed by atoms with van der Waals surface area (Å²) in [5.74, 6) is -1.67. The Balaban J connectivity index is 3.05. The minimum atomic E-state index is -2.00. The molecule has 0 heterocycles. The van der Waals surface area contributed by atoms with Gasteiger partial charge in [0.1, 0.15) is 0 Å². The van der Waals surface area contributed by atoms with E-state index in [1.165, 1.54) is 6.07 Å². The zero-order valence-corrected chi connectivity index (χ0v) is 16.2. The Kier molecular flexibility index (Phi) is 6.56. The van der Waals surface area contributed by atoms with Crippen molar-refractivity contribution in [2.24, 2.45) is 0 Å². The van der Waals surface area contributed by atoms with Crippen molar-refractivity contribution in [3.63, 3.8) is 0 Å². The van der Waals surface area contributed by atoms with E-state index in [1.54, 1.807) is 0 Å². The van der Waals surface area contributed by atoms with Gasteiger partial charge in [-0.1, -0.05) is 57.5 Å². The summed E-state index contributed by atoms with van der Waals surface area (Å²) in [6, 6.07) is 2.39. The van der Waals surface area contributed by atoms with Crippen molar-refractivity contribution in [1.82, 2.24) is 0 Å². The summed E-state index contributed by atoms with van der Waals surface area (Å²) in [5, 5.41) is 0. The molecule has 1 rings (SSSR count). The minimum absolute atomic E-state index is 0.318. The van der Waals surface area contributed by atoms with Crippen molar-refractivity contribution < 1.29 is 13.2 Å². The Hall–Kier alpha value is -0.263. The fourth-order valence-electron chi connectivity index (χ4n) is 3.38. The smallest absolute Gasteiger partial charge is 0.200 e. The third kappa shape index (κ3) is 3.93. The van der Waals surface area contributed by atoms with Gasteiger partial charge < -0.3 is 4.43 Å². The largest absolute Gasteiger partial charge is 0.412 e. The number of benzene rings is 1. The number of hydrogen-bond donors (Lipinski definition) is 0. The lowest BCUT2D eigenvalue weighted by molar-refractivity contribution is 0.264. The molecule has 21 heavy (non-hydrogen) atoms. The molecule has 0 aromatic heterocycles. The van der Waals surface area contributed by atoms with Crippen molar-refractivity contribution in [3.8, 4) is 0 Å². The zero-order valence-electron chi connectivity index (χ0n) is 13.6. The van der Waals surface area contributed by atoms with Gasteiger partial charge in [-0.25, -0.2) is 8.78 Å². The van der Waals surface area contributed by atoms with Crippen LogP contribution in [0.4, 0.5) is 8.78 Å². The van der Waals surface area contributed by atoms with Crippen LogP contribution in [0.25, 0.3) is 0 Å². The third-order valence-corrected chi connectivity index (χ3v) is 11.1. The number of halogens is 3. The van der Waals surface area contributed by atoms with Crippen molar-refractivity contribution in [3.05, 3.63) is 33.8 Å². The summed E-state index contributed by atoms with van der Waals surface area (Å²) < 4.78 is 33.5. The fourth-order valence-corrected chi connectivity index (χ4v) is 9.21. The molecular formula is C16H25BrF2OSi. The summed E-state index contributed by atoms with van der Waals surface area (Å²) in [4.78, 5) is 0. The molecule has 1 nitrogen and oxygen atoms in total. The van der Waals surface area contributed by atoms with Gasteiger partial charge in [-0.15, -0.1) is 0 Å². The summed E-state index contributed by atoms with van der Waals surface area (Å²) in [5.41, 5.74) is 2.04. The van der Waals surface area contributed by atoms with Gasteiger partial charge in [-0.3, -0.25) is 0 Å². The maximum atomic E-state index is 13.4. The van der Waals surface area contributed by atoms with Crippen molar-refractivity contribution in [1.29, 1.82) is 0 Å². The SMILES string of the molecule is CC(C)[Si](OCc1cc(F)c(F)cc1Br)(C(C)C)C(C)C. The average Bonchev–Trinajstić information content (AvgIpc) is 2.34. The molecule has 1 aromatic rings. The molecule has 0 N–H and O–H groups in total. The molecule has 0 bridgehead atoms. The Morgan fingerprint density at radius 2 is 1.38 bits per heavy atom. The van der Waals surface area contributed by atoms with E-state index in [-0.39, 0.29) is 0 Å².